The van der Waals surface area contributed by atoms with Gasteiger partial charge in [0.25, 0.3) is 0 Å². The van der Waals surface area contributed by atoms with Crippen LogP contribution in [0, 0.1) is 0 Å². The zero-order valence-electron chi connectivity index (χ0n) is 11.9. The maximum absolute atomic E-state index is 5.67. The second kappa shape index (κ2) is 5.39. The number of hydrogen-bond acceptors (Lipinski definition) is 2. The maximum atomic E-state index is 5.67. The van der Waals surface area contributed by atoms with E-state index in [1.165, 1.54) is 22.3 Å². The van der Waals surface area contributed by atoms with Gasteiger partial charge in [-0.3, -0.25) is 0 Å². The van der Waals surface area contributed by atoms with E-state index in [9.17, 15) is 0 Å². The summed E-state index contributed by atoms with van der Waals surface area (Å²) in [6.45, 7) is 4.30. The van der Waals surface area contributed by atoms with E-state index in [1.807, 2.05) is 0 Å². The number of nitrogens with two attached hydrogens (primary N) is 1. The Morgan fingerprint density at radius 1 is 0.900 bits per heavy atom. The normalized spacial score (nSPS) is 16.7. The summed E-state index contributed by atoms with van der Waals surface area (Å²) in [5, 5.41) is 0. The molecule has 1 fully saturated rings. The summed E-state index contributed by atoms with van der Waals surface area (Å²) in [6.07, 6.45) is 1.08. The molecular formula is C18H21NO. The van der Waals surface area contributed by atoms with Crippen LogP contribution < -0.4 is 5.73 Å². The van der Waals surface area contributed by atoms with Gasteiger partial charge >= 0.3 is 0 Å². The average molecular weight is 267 g/mol. The Balaban J connectivity index is 1.96. The minimum absolute atomic E-state index is 0.0272. The van der Waals surface area contributed by atoms with E-state index in [0.717, 1.165) is 19.6 Å². The summed E-state index contributed by atoms with van der Waals surface area (Å²) < 4.78 is 5.54. The van der Waals surface area contributed by atoms with Crippen LogP contribution >= 0.6 is 0 Å². The average Bonchev–Trinajstić information content (AvgIpc) is 2.47. The molecule has 0 spiro atoms. The van der Waals surface area contributed by atoms with Crippen LogP contribution in [-0.4, -0.2) is 13.2 Å². The molecule has 2 heteroatoms. The Morgan fingerprint density at radius 2 is 1.40 bits per heavy atom. The Morgan fingerprint density at radius 3 is 1.75 bits per heavy atom. The van der Waals surface area contributed by atoms with Gasteiger partial charge in [-0.2, -0.15) is 0 Å². The van der Waals surface area contributed by atoms with E-state index >= 15 is 0 Å². The van der Waals surface area contributed by atoms with Crippen LogP contribution in [0.2, 0.25) is 0 Å². The van der Waals surface area contributed by atoms with E-state index in [4.69, 9.17) is 10.5 Å². The van der Waals surface area contributed by atoms with Gasteiger partial charge < -0.3 is 10.5 Å². The van der Waals surface area contributed by atoms with E-state index in [-0.39, 0.29) is 5.41 Å². The third-order valence-corrected chi connectivity index (χ3v) is 4.35. The zero-order chi connectivity index (χ0) is 14.0. The van der Waals surface area contributed by atoms with Crippen molar-refractivity contribution in [2.24, 2.45) is 5.73 Å². The van der Waals surface area contributed by atoms with Crippen LogP contribution in [0.15, 0.2) is 48.5 Å². The first-order valence-electron chi connectivity index (χ1n) is 7.25. The molecule has 0 unspecified atom stereocenters. The van der Waals surface area contributed by atoms with Crippen molar-refractivity contribution < 1.29 is 4.74 Å². The van der Waals surface area contributed by atoms with Gasteiger partial charge in [-0.15, -0.1) is 0 Å². The molecule has 2 aromatic carbocycles. The van der Waals surface area contributed by atoms with Crippen molar-refractivity contribution in [3.05, 3.63) is 70.8 Å². The van der Waals surface area contributed by atoms with Gasteiger partial charge in [0.05, 0.1) is 18.6 Å². The molecular weight excluding hydrogens is 246 g/mol. The Bertz CT molecular complexity index is 518. The van der Waals surface area contributed by atoms with Crippen molar-refractivity contribution in [3.8, 4) is 0 Å². The lowest BCUT2D eigenvalue weighted by molar-refractivity contribution is -0.0380. The lowest BCUT2D eigenvalue weighted by Gasteiger charge is -2.42. The highest BCUT2D eigenvalue weighted by atomic mass is 16.5. The molecule has 2 nitrogen and oxygen atoms in total. The fourth-order valence-electron chi connectivity index (χ4n) is 2.83. The highest BCUT2D eigenvalue weighted by Crippen LogP contribution is 2.39. The quantitative estimate of drug-likeness (QED) is 0.924. The second-order valence-electron chi connectivity index (χ2n) is 5.53. The molecule has 104 valence electrons. The summed E-state index contributed by atoms with van der Waals surface area (Å²) in [5.41, 5.74) is 10.9. The molecule has 0 amide bonds. The molecule has 1 saturated heterocycles. The smallest absolute Gasteiger partial charge is 0.0669 e. The highest BCUT2D eigenvalue weighted by Gasteiger charge is 2.41. The van der Waals surface area contributed by atoms with Gasteiger partial charge in [-0.1, -0.05) is 55.5 Å². The predicted molar refractivity (Wildman–Crippen MR) is 81.8 cm³/mol. The minimum atomic E-state index is 0.0272. The van der Waals surface area contributed by atoms with Gasteiger partial charge in [0, 0.05) is 6.54 Å². The zero-order valence-corrected chi connectivity index (χ0v) is 11.9. The lowest BCUT2D eigenvalue weighted by Crippen LogP contribution is -2.47. The fraction of sp³-hybridized carbons (Fsp3) is 0.333. The molecule has 1 heterocycles. The van der Waals surface area contributed by atoms with Crippen molar-refractivity contribution in [1.82, 2.24) is 0 Å². The fourth-order valence-corrected chi connectivity index (χ4v) is 2.83. The molecule has 0 bridgehead atoms. The maximum Gasteiger partial charge on any atom is 0.0669 e. The molecule has 0 atom stereocenters. The first-order chi connectivity index (χ1) is 9.78. The van der Waals surface area contributed by atoms with E-state index in [0.29, 0.717) is 6.54 Å². The van der Waals surface area contributed by atoms with E-state index in [1.54, 1.807) is 0 Å². The van der Waals surface area contributed by atoms with Crippen molar-refractivity contribution in [2.45, 2.75) is 25.3 Å². The molecule has 0 saturated carbocycles. The number of hydrogen-bond donors (Lipinski definition) is 1. The molecule has 3 rings (SSSR count). The minimum Gasteiger partial charge on any atom is -0.379 e. The third kappa shape index (κ3) is 2.15. The van der Waals surface area contributed by atoms with Gasteiger partial charge in [0.1, 0.15) is 0 Å². The van der Waals surface area contributed by atoms with Crippen LogP contribution in [-0.2, 0) is 23.1 Å². The van der Waals surface area contributed by atoms with Gasteiger partial charge in [0.15, 0.2) is 0 Å². The number of rotatable bonds is 4. The van der Waals surface area contributed by atoms with Crippen molar-refractivity contribution in [2.75, 3.05) is 13.2 Å². The second-order valence-corrected chi connectivity index (χ2v) is 5.53. The van der Waals surface area contributed by atoms with E-state index < -0.39 is 0 Å². The van der Waals surface area contributed by atoms with Crippen LogP contribution in [0.25, 0.3) is 0 Å². The van der Waals surface area contributed by atoms with Gasteiger partial charge in [-0.05, 0) is 28.7 Å². The summed E-state index contributed by atoms with van der Waals surface area (Å²) in [5.74, 6) is 0. The number of ether oxygens (including phenoxy) is 1. The largest absolute Gasteiger partial charge is 0.379 e. The van der Waals surface area contributed by atoms with Crippen LogP contribution in [0.4, 0.5) is 0 Å². The van der Waals surface area contributed by atoms with Crippen LogP contribution in [0.1, 0.15) is 29.2 Å². The Labute approximate surface area is 120 Å². The molecule has 20 heavy (non-hydrogen) atoms. The Hall–Kier alpha value is -1.64. The molecule has 0 radical (unpaired) electrons. The highest BCUT2D eigenvalue weighted by molar-refractivity contribution is 5.43. The van der Waals surface area contributed by atoms with Gasteiger partial charge in [0.2, 0.25) is 0 Å². The van der Waals surface area contributed by atoms with Crippen molar-refractivity contribution >= 4 is 0 Å². The third-order valence-electron chi connectivity index (χ3n) is 4.35. The summed E-state index contributed by atoms with van der Waals surface area (Å²) in [7, 11) is 0. The molecule has 2 aromatic rings. The summed E-state index contributed by atoms with van der Waals surface area (Å²) in [4.78, 5) is 0. The predicted octanol–water partition coefficient (Wildman–Crippen LogP) is 3.02. The van der Waals surface area contributed by atoms with Crippen LogP contribution in [0.3, 0.4) is 0 Å². The van der Waals surface area contributed by atoms with E-state index in [2.05, 4.69) is 55.5 Å². The van der Waals surface area contributed by atoms with Crippen LogP contribution in [0.5, 0.6) is 0 Å². The summed E-state index contributed by atoms with van der Waals surface area (Å²) >= 11 is 0. The molecule has 0 aromatic heterocycles. The summed E-state index contributed by atoms with van der Waals surface area (Å²) in [6, 6.07) is 17.6. The molecule has 1 aliphatic heterocycles. The van der Waals surface area contributed by atoms with Gasteiger partial charge in [-0.25, -0.2) is 0 Å². The standard InChI is InChI=1S/C18H21NO/c1-2-14-3-7-16(8-4-14)18(12-20-13-18)17-9-5-15(11-19)6-10-17/h3-10H,2,11-13,19H2,1H3. The monoisotopic (exact) mass is 267 g/mol. The molecule has 1 aliphatic rings. The molecule has 0 aliphatic carbocycles. The van der Waals surface area contributed by atoms with Crippen molar-refractivity contribution in [1.29, 1.82) is 0 Å². The first-order valence-corrected chi connectivity index (χ1v) is 7.25. The SMILES string of the molecule is CCc1ccc(C2(c3ccc(CN)cc3)COC2)cc1. The number of aryl methyl sites for hydroxylation is 1. The van der Waals surface area contributed by atoms with Crippen molar-refractivity contribution in [3.63, 3.8) is 0 Å². The number of benzene rings is 2. The first kappa shape index (κ1) is 13.3. The lowest BCUT2D eigenvalue weighted by atomic mass is 9.72. The molecule has 2 N–H and O–H groups in total. The Kier molecular flexibility index (Phi) is 3.60. The topological polar surface area (TPSA) is 35.2 Å².